The zero-order chi connectivity index (χ0) is 16.6. The Morgan fingerprint density at radius 3 is 2.52 bits per heavy atom. The number of aryl methyl sites for hydroxylation is 1. The van der Waals surface area contributed by atoms with Gasteiger partial charge in [-0.1, -0.05) is 17.7 Å². The van der Waals surface area contributed by atoms with Crippen molar-refractivity contribution in [1.82, 2.24) is 14.2 Å². The molecule has 5 nitrogen and oxygen atoms in total. The number of nitrogens with zero attached hydrogens (tertiary/aromatic N) is 3. The second-order valence-corrected chi connectivity index (χ2v) is 8.79. The van der Waals surface area contributed by atoms with Crippen LogP contribution in [-0.2, 0) is 10.0 Å². The molecule has 1 aromatic carbocycles. The lowest BCUT2D eigenvalue weighted by molar-refractivity contribution is 0.222. The molecular weight excluding hydrogens is 354 g/mol. The van der Waals surface area contributed by atoms with E-state index < -0.39 is 10.0 Å². The van der Waals surface area contributed by atoms with E-state index in [-0.39, 0.29) is 9.92 Å². The molecule has 0 unspecified atom stereocenters. The van der Waals surface area contributed by atoms with Crippen LogP contribution in [0.2, 0.25) is 5.02 Å². The molecule has 0 N–H and O–H groups in total. The van der Waals surface area contributed by atoms with Crippen molar-refractivity contribution >= 4 is 33.0 Å². The van der Waals surface area contributed by atoms with Crippen LogP contribution in [0.15, 0.2) is 28.6 Å². The molecule has 23 heavy (non-hydrogen) atoms. The van der Waals surface area contributed by atoms with Crippen LogP contribution in [0, 0.1) is 6.92 Å². The van der Waals surface area contributed by atoms with E-state index in [9.17, 15) is 8.42 Å². The van der Waals surface area contributed by atoms with Crippen LogP contribution in [0.1, 0.15) is 5.69 Å². The number of benzene rings is 1. The van der Waals surface area contributed by atoms with Crippen LogP contribution >= 0.6 is 22.9 Å². The first kappa shape index (κ1) is 16.9. The van der Waals surface area contributed by atoms with Crippen LogP contribution in [0.25, 0.3) is 10.4 Å². The third kappa shape index (κ3) is 3.29. The number of aromatic nitrogens is 1. The molecule has 1 fully saturated rings. The van der Waals surface area contributed by atoms with Gasteiger partial charge in [-0.25, -0.2) is 13.4 Å². The fourth-order valence-electron chi connectivity index (χ4n) is 2.59. The number of likely N-dealkylation sites (N-methyl/N-ethyl adjacent to an activating group) is 1. The van der Waals surface area contributed by atoms with Crippen LogP contribution < -0.4 is 0 Å². The van der Waals surface area contributed by atoms with Crippen molar-refractivity contribution in [2.75, 3.05) is 33.2 Å². The zero-order valence-corrected chi connectivity index (χ0v) is 15.4. The monoisotopic (exact) mass is 371 g/mol. The summed E-state index contributed by atoms with van der Waals surface area (Å²) in [5.74, 6) is 0. The highest BCUT2D eigenvalue weighted by Crippen LogP contribution is 2.33. The molecule has 0 aliphatic carbocycles. The molecule has 124 valence electrons. The topological polar surface area (TPSA) is 53.5 Å². The predicted molar refractivity (Wildman–Crippen MR) is 93.6 cm³/mol. The molecule has 0 amide bonds. The quantitative estimate of drug-likeness (QED) is 0.832. The summed E-state index contributed by atoms with van der Waals surface area (Å²) < 4.78 is 27.4. The van der Waals surface area contributed by atoms with Gasteiger partial charge in [0.15, 0.2) is 0 Å². The molecule has 3 rings (SSSR count). The number of thiazole rings is 1. The second kappa shape index (κ2) is 6.49. The first-order valence-corrected chi connectivity index (χ1v) is 9.98. The standard InChI is InChI=1S/C15H18ClN3O2S2/c1-11-15(22-10-17-11)12-3-4-13(16)14(9-12)23(20,21)19-7-5-18(2)6-8-19/h3-4,9-10H,5-8H2,1-2H3. The van der Waals surface area contributed by atoms with E-state index in [0.29, 0.717) is 13.1 Å². The molecule has 0 bridgehead atoms. The Morgan fingerprint density at radius 2 is 1.91 bits per heavy atom. The summed E-state index contributed by atoms with van der Waals surface area (Å²) >= 11 is 7.70. The van der Waals surface area contributed by atoms with E-state index in [1.54, 1.807) is 17.6 Å². The van der Waals surface area contributed by atoms with Gasteiger partial charge in [-0.3, -0.25) is 0 Å². The van der Waals surface area contributed by atoms with E-state index in [2.05, 4.69) is 9.88 Å². The average molecular weight is 372 g/mol. The summed E-state index contributed by atoms with van der Waals surface area (Å²) in [5.41, 5.74) is 3.48. The number of piperazine rings is 1. The maximum absolute atomic E-state index is 12.9. The second-order valence-electron chi connectivity index (χ2n) is 5.62. The highest BCUT2D eigenvalue weighted by molar-refractivity contribution is 7.89. The van der Waals surface area contributed by atoms with E-state index in [1.165, 1.54) is 15.6 Å². The van der Waals surface area contributed by atoms with Gasteiger partial charge < -0.3 is 4.90 Å². The number of hydrogen-bond acceptors (Lipinski definition) is 5. The third-order valence-electron chi connectivity index (χ3n) is 4.02. The Hall–Kier alpha value is -0.990. The minimum atomic E-state index is -3.58. The fraction of sp³-hybridized carbons (Fsp3) is 0.400. The summed E-state index contributed by atoms with van der Waals surface area (Å²) in [6.45, 7) is 4.34. The van der Waals surface area contributed by atoms with Gasteiger partial charge in [-0.15, -0.1) is 11.3 Å². The average Bonchev–Trinajstić information content (AvgIpc) is 2.94. The Bertz CT molecular complexity index is 812. The first-order valence-electron chi connectivity index (χ1n) is 7.28. The lowest BCUT2D eigenvalue weighted by Crippen LogP contribution is -2.47. The molecule has 2 aromatic rings. The van der Waals surface area contributed by atoms with Crippen molar-refractivity contribution < 1.29 is 8.42 Å². The summed E-state index contributed by atoms with van der Waals surface area (Å²) in [4.78, 5) is 7.49. The molecular formula is C15H18ClN3O2S2. The minimum Gasteiger partial charge on any atom is -0.304 e. The lowest BCUT2D eigenvalue weighted by Gasteiger charge is -2.31. The summed E-state index contributed by atoms with van der Waals surface area (Å²) in [7, 11) is -1.59. The van der Waals surface area contributed by atoms with E-state index in [1.807, 2.05) is 20.0 Å². The zero-order valence-electron chi connectivity index (χ0n) is 13.0. The molecule has 1 aromatic heterocycles. The first-order chi connectivity index (χ1) is 10.9. The number of halogens is 1. The molecule has 1 saturated heterocycles. The van der Waals surface area contributed by atoms with Gasteiger partial charge in [0.25, 0.3) is 0 Å². The van der Waals surface area contributed by atoms with Crippen molar-refractivity contribution in [3.05, 3.63) is 34.4 Å². The minimum absolute atomic E-state index is 0.175. The van der Waals surface area contributed by atoms with Gasteiger partial charge >= 0.3 is 0 Å². The lowest BCUT2D eigenvalue weighted by atomic mass is 10.2. The Labute approximate surface area is 145 Å². The highest BCUT2D eigenvalue weighted by atomic mass is 35.5. The smallest absolute Gasteiger partial charge is 0.244 e. The van der Waals surface area contributed by atoms with Crippen LogP contribution in [0.3, 0.4) is 0 Å². The van der Waals surface area contributed by atoms with Crippen molar-refractivity contribution in [3.8, 4) is 10.4 Å². The van der Waals surface area contributed by atoms with E-state index >= 15 is 0 Å². The van der Waals surface area contributed by atoms with Crippen LogP contribution in [0.5, 0.6) is 0 Å². The summed E-state index contributed by atoms with van der Waals surface area (Å²) in [6.07, 6.45) is 0. The van der Waals surface area contributed by atoms with E-state index in [0.717, 1.165) is 29.2 Å². The molecule has 0 saturated carbocycles. The van der Waals surface area contributed by atoms with Crippen LogP contribution in [-0.4, -0.2) is 55.8 Å². The SMILES string of the molecule is Cc1ncsc1-c1ccc(Cl)c(S(=O)(=O)N2CCN(C)CC2)c1. The maximum Gasteiger partial charge on any atom is 0.244 e. The van der Waals surface area contributed by atoms with Gasteiger partial charge in [-0.05, 0) is 31.7 Å². The Balaban J connectivity index is 2.00. The maximum atomic E-state index is 12.9. The summed E-state index contributed by atoms with van der Waals surface area (Å²) in [5, 5.41) is 0.259. The van der Waals surface area contributed by atoms with Crippen molar-refractivity contribution in [2.24, 2.45) is 0 Å². The van der Waals surface area contributed by atoms with Crippen molar-refractivity contribution in [3.63, 3.8) is 0 Å². The normalized spacial score (nSPS) is 17.5. The number of rotatable bonds is 3. The van der Waals surface area contributed by atoms with Crippen molar-refractivity contribution in [2.45, 2.75) is 11.8 Å². The molecule has 1 aliphatic heterocycles. The Morgan fingerprint density at radius 1 is 1.22 bits per heavy atom. The molecule has 0 radical (unpaired) electrons. The third-order valence-corrected chi connectivity index (χ3v) is 7.38. The fourth-order valence-corrected chi connectivity index (χ4v) is 5.31. The van der Waals surface area contributed by atoms with Crippen molar-refractivity contribution in [1.29, 1.82) is 0 Å². The highest BCUT2D eigenvalue weighted by Gasteiger charge is 2.29. The van der Waals surface area contributed by atoms with Crippen LogP contribution in [0.4, 0.5) is 0 Å². The van der Waals surface area contributed by atoms with Gasteiger partial charge in [0, 0.05) is 26.2 Å². The van der Waals surface area contributed by atoms with Gasteiger partial charge in [-0.2, -0.15) is 4.31 Å². The van der Waals surface area contributed by atoms with Gasteiger partial charge in [0.2, 0.25) is 10.0 Å². The number of sulfonamides is 1. The largest absolute Gasteiger partial charge is 0.304 e. The Kier molecular flexibility index (Phi) is 4.75. The molecule has 0 atom stereocenters. The molecule has 0 spiro atoms. The van der Waals surface area contributed by atoms with Gasteiger partial charge in [0.1, 0.15) is 4.90 Å². The molecule has 2 heterocycles. The predicted octanol–water partition coefficient (Wildman–Crippen LogP) is 2.71. The molecule has 8 heteroatoms. The summed E-state index contributed by atoms with van der Waals surface area (Å²) in [6, 6.07) is 5.15. The molecule has 1 aliphatic rings. The van der Waals surface area contributed by atoms with Gasteiger partial charge in [0.05, 0.1) is 21.1 Å². The number of hydrogen-bond donors (Lipinski definition) is 0. The van der Waals surface area contributed by atoms with E-state index in [4.69, 9.17) is 11.6 Å².